The lowest BCUT2D eigenvalue weighted by atomic mass is 9.99. The molecule has 1 aromatic heterocycles. The van der Waals surface area contributed by atoms with Crippen LogP contribution in [0.25, 0.3) is 10.2 Å². The van der Waals surface area contributed by atoms with Crippen LogP contribution >= 0.6 is 11.3 Å². The van der Waals surface area contributed by atoms with Gasteiger partial charge in [-0.25, -0.2) is 4.98 Å². The predicted octanol–water partition coefficient (Wildman–Crippen LogP) is 1.91. The van der Waals surface area contributed by atoms with Gasteiger partial charge in [-0.1, -0.05) is 12.1 Å². The number of amides is 1. The molecule has 0 spiro atoms. The highest BCUT2D eigenvalue weighted by Gasteiger charge is 2.20. The average molecular weight is 275 g/mol. The highest BCUT2D eigenvalue weighted by molar-refractivity contribution is 7.18. The fourth-order valence-corrected chi connectivity index (χ4v) is 3.29. The van der Waals surface area contributed by atoms with E-state index >= 15 is 0 Å². The number of nitrogens with one attached hydrogen (secondary N) is 2. The lowest BCUT2D eigenvalue weighted by molar-refractivity contribution is -0.125. The lowest BCUT2D eigenvalue weighted by Crippen LogP contribution is -2.40. The minimum Gasteiger partial charge on any atom is -0.349 e. The summed E-state index contributed by atoms with van der Waals surface area (Å²) in [4.78, 5) is 16.5. The van der Waals surface area contributed by atoms with Crippen molar-refractivity contribution in [1.29, 1.82) is 0 Å². The summed E-state index contributed by atoms with van der Waals surface area (Å²) in [5.74, 6) is 0.259. The zero-order chi connectivity index (χ0) is 13.1. The Morgan fingerprint density at radius 3 is 3.16 bits per heavy atom. The summed E-state index contributed by atoms with van der Waals surface area (Å²) in [6.07, 6.45) is 2.07. The van der Waals surface area contributed by atoms with Gasteiger partial charge >= 0.3 is 0 Å². The molecule has 2 N–H and O–H groups in total. The van der Waals surface area contributed by atoms with Crippen molar-refractivity contribution in [3.63, 3.8) is 0 Å². The van der Waals surface area contributed by atoms with Crippen molar-refractivity contribution in [1.82, 2.24) is 15.6 Å². The van der Waals surface area contributed by atoms with Crippen LogP contribution in [0.1, 0.15) is 17.8 Å². The third kappa shape index (κ3) is 2.93. The Bertz CT molecular complexity index is 542. The van der Waals surface area contributed by atoms with Gasteiger partial charge in [-0.05, 0) is 31.5 Å². The monoisotopic (exact) mass is 275 g/mol. The Hall–Kier alpha value is -1.46. The molecule has 19 heavy (non-hydrogen) atoms. The molecular formula is C14H17N3OS. The molecule has 1 atom stereocenters. The van der Waals surface area contributed by atoms with Gasteiger partial charge in [0.05, 0.1) is 22.7 Å². The summed E-state index contributed by atoms with van der Waals surface area (Å²) >= 11 is 1.64. The summed E-state index contributed by atoms with van der Waals surface area (Å²) in [6.45, 7) is 2.36. The van der Waals surface area contributed by atoms with E-state index in [1.807, 2.05) is 18.2 Å². The van der Waals surface area contributed by atoms with Crippen LogP contribution in [0.15, 0.2) is 24.3 Å². The third-order valence-electron chi connectivity index (χ3n) is 3.42. The molecule has 1 amide bonds. The molecule has 1 saturated heterocycles. The van der Waals surface area contributed by atoms with Crippen molar-refractivity contribution in [2.24, 2.45) is 5.92 Å². The Balaban J connectivity index is 1.60. The molecule has 3 rings (SSSR count). The van der Waals surface area contributed by atoms with E-state index in [2.05, 4.69) is 21.7 Å². The number of aromatic nitrogens is 1. The van der Waals surface area contributed by atoms with E-state index in [0.717, 1.165) is 36.5 Å². The molecule has 2 aromatic rings. The molecule has 0 saturated carbocycles. The minimum absolute atomic E-state index is 0.114. The predicted molar refractivity (Wildman–Crippen MR) is 77.1 cm³/mol. The molecule has 100 valence electrons. The second kappa shape index (κ2) is 5.67. The van der Waals surface area contributed by atoms with Crippen LogP contribution < -0.4 is 10.6 Å². The number of para-hydroxylation sites is 1. The van der Waals surface area contributed by atoms with E-state index in [0.29, 0.717) is 6.54 Å². The van der Waals surface area contributed by atoms with Crippen molar-refractivity contribution < 1.29 is 4.79 Å². The molecule has 0 bridgehead atoms. The second-order valence-electron chi connectivity index (χ2n) is 4.84. The molecule has 1 unspecified atom stereocenters. The van der Waals surface area contributed by atoms with E-state index in [4.69, 9.17) is 0 Å². The zero-order valence-corrected chi connectivity index (χ0v) is 11.5. The van der Waals surface area contributed by atoms with E-state index < -0.39 is 0 Å². The molecule has 0 aliphatic carbocycles. The molecular weight excluding hydrogens is 258 g/mol. The third-order valence-corrected chi connectivity index (χ3v) is 4.46. The Labute approximate surface area is 116 Å². The molecule has 0 radical (unpaired) electrons. The number of carbonyl (C=O) groups is 1. The van der Waals surface area contributed by atoms with Gasteiger partial charge in [0.2, 0.25) is 5.91 Å². The first-order chi connectivity index (χ1) is 9.33. The molecule has 1 aromatic carbocycles. The van der Waals surface area contributed by atoms with Crippen LogP contribution in [0.3, 0.4) is 0 Å². The number of hydrogen-bond acceptors (Lipinski definition) is 4. The Morgan fingerprint density at radius 2 is 2.37 bits per heavy atom. The number of piperidine rings is 1. The smallest absolute Gasteiger partial charge is 0.224 e. The van der Waals surface area contributed by atoms with Crippen LogP contribution in [-0.2, 0) is 11.3 Å². The normalized spacial score (nSPS) is 19.5. The van der Waals surface area contributed by atoms with Gasteiger partial charge in [-0.15, -0.1) is 11.3 Å². The molecule has 5 heteroatoms. The molecule has 1 fully saturated rings. The van der Waals surface area contributed by atoms with E-state index in [9.17, 15) is 4.79 Å². The summed E-state index contributed by atoms with van der Waals surface area (Å²) in [5.41, 5.74) is 1.01. The van der Waals surface area contributed by atoms with Gasteiger partial charge in [0.25, 0.3) is 0 Å². The van der Waals surface area contributed by atoms with Crippen molar-refractivity contribution in [2.75, 3.05) is 13.1 Å². The van der Waals surface area contributed by atoms with Crippen molar-refractivity contribution >= 4 is 27.5 Å². The first-order valence-electron chi connectivity index (χ1n) is 6.66. The van der Waals surface area contributed by atoms with Crippen LogP contribution in [0, 0.1) is 5.92 Å². The van der Waals surface area contributed by atoms with Gasteiger partial charge < -0.3 is 10.6 Å². The topological polar surface area (TPSA) is 54.0 Å². The molecule has 4 nitrogen and oxygen atoms in total. The summed E-state index contributed by atoms with van der Waals surface area (Å²) < 4.78 is 1.17. The van der Waals surface area contributed by atoms with Crippen LogP contribution in [0.2, 0.25) is 0 Å². The zero-order valence-electron chi connectivity index (χ0n) is 10.7. The van der Waals surface area contributed by atoms with Gasteiger partial charge in [0.15, 0.2) is 0 Å². The number of benzene rings is 1. The van der Waals surface area contributed by atoms with E-state index in [1.54, 1.807) is 11.3 Å². The summed E-state index contributed by atoms with van der Waals surface area (Å²) in [7, 11) is 0. The van der Waals surface area contributed by atoms with Crippen LogP contribution in [-0.4, -0.2) is 24.0 Å². The van der Waals surface area contributed by atoms with Gasteiger partial charge in [0, 0.05) is 6.54 Å². The van der Waals surface area contributed by atoms with Crippen molar-refractivity contribution in [3.8, 4) is 0 Å². The molecule has 1 aliphatic rings. The number of fused-ring (bicyclic) bond motifs is 1. The number of hydrogen-bond donors (Lipinski definition) is 2. The maximum Gasteiger partial charge on any atom is 0.224 e. The maximum atomic E-state index is 12.0. The van der Waals surface area contributed by atoms with Crippen LogP contribution in [0.5, 0.6) is 0 Å². The van der Waals surface area contributed by atoms with E-state index in [1.165, 1.54) is 4.70 Å². The number of carbonyl (C=O) groups excluding carboxylic acids is 1. The highest BCUT2D eigenvalue weighted by Crippen LogP contribution is 2.21. The van der Waals surface area contributed by atoms with Gasteiger partial charge in [0.1, 0.15) is 5.01 Å². The van der Waals surface area contributed by atoms with Gasteiger partial charge in [-0.3, -0.25) is 4.79 Å². The standard InChI is InChI=1S/C14H17N3OS/c18-14(10-4-3-7-15-8-10)16-9-13-17-11-5-1-2-6-12(11)19-13/h1-2,5-6,10,15H,3-4,7-9H2,(H,16,18). The number of nitrogens with zero attached hydrogens (tertiary/aromatic N) is 1. The fourth-order valence-electron chi connectivity index (χ4n) is 2.38. The second-order valence-corrected chi connectivity index (χ2v) is 5.95. The average Bonchev–Trinajstić information content (AvgIpc) is 2.88. The first-order valence-corrected chi connectivity index (χ1v) is 7.47. The van der Waals surface area contributed by atoms with E-state index in [-0.39, 0.29) is 11.8 Å². The van der Waals surface area contributed by atoms with Gasteiger partial charge in [-0.2, -0.15) is 0 Å². The van der Waals surface area contributed by atoms with Crippen molar-refractivity contribution in [3.05, 3.63) is 29.3 Å². The summed E-state index contributed by atoms with van der Waals surface area (Å²) in [6, 6.07) is 8.06. The minimum atomic E-state index is 0.114. The molecule has 1 aliphatic heterocycles. The quantitative estimate of drug-likeness (QED) is 0.899. The fraction of sp³-hybridized carbons (Fsp3) is 0.429. The summed E-state index contributed by atoms with van der Waals surface area (Å²) in [5, 5.41) is 7.23. The highest BCUT2D eigenvalue weighted by atomic mass is 32.1. The largest absolute Gasteiger partial charge is 0.349 e. The van der Waals surface area contributed by atoms with Crippen molar-refractivity contribution in [2.45, 2.75) is 19.4 Å². The maximum absolute atomic E-state index is 12.0. The number of rotatable bonds is 3. The first kappa shape index (κ1) is 12.6. The number of thiazole rings is 1. The molecule has 2 heterocycles. The lowest BCUT2D eigenvalue weighted by Gasteiger charge is -2.21. The Kier molecular flexibility index (Phi) is 3.75. The SMILES string of the molecule is O=C(NCc1nc2ccccc2s1)C1CCCNC1. The Morgan fingerprint density at radius 1 is 1.47 bits per heavy atom. The van der Waals surface area contributed by atoms with Crippen LogP contribution in [0.4, 0.5) is 0 Å².